The summed E-state index contributed by atoms with van der Waals surface area (Å²) in [6, 6.07) is 0. The molecule has 0 radical (unpaired) electrons. The molecule has 0 amide bonds. The molecule has 0 unspecified atom stereocenters. The quantitative estimate of drug-likeness (QED) is 0.425. The fraction of sp³-hybridized carbons (Fsp3) is 0.714. The van der Waals surface area contributed by atoms with Crippen molar-refractivity contribution in [1.29, 1.82) is 0 Å². The first-order chi connectivity index (χ1) is 5.20. The molecular formula is C7H17NO2Si. The van der Waals surface area contributed by atoms with Gasteiger partial charge in [-0.05, 0) is 20.2 Å². The lowest BCUT2D eigenvalue weighted by Gasteiger charge is -2.08. The van der Waals surface area contributed by atoms with Crippen LogP contribution in [0.15, 0.2) is 11.8 Å². The first kappa shape index (κ1) is 10.8. The Labute approximate surface area is 70.9 Å². The number of methoxy groups -OCH3 is 2. The van der Waals surface area contributed by atoms with Gasteiger partial charge >= 0.3 is 0 Å². The van der Waals surface area contributed by atoms with E-state index in [0.717, 1.165) is 0 Å². The highest BCUT2D eigenvalue weighted by atomic mass is 28.2. The van der Waals surface area contributed by atoms with Gasteiger partial charge in [-0.3, -0.25) is 0 Å². The summed E-state index contributed by atoms with van der Waals surface area (Å²) >= 11 is 0. The molecule has 0 spiro atoms. The zero-order chi connectivity index (χ0) is 8.69. The van der Waals surface area contributed by atoms with E-state index in [9.17, 15) is 0 Å². The third-order valence-electron chi connectivity index (χ3n) is 1.23. The molecule has 0 aromatic carbocycles. The van der Waals surface area contributed by atoms with Crippen LogP contribution in [0.5, 0.6) is 0 Å². The molecule has 0 fully saturated rings. The van der Waals surface area contributed by atoms with Gasteiger partial charge in [-0.25, -0.2) is 0 Å². The Bertz CT molecular complexity index is 113. The van der Waals surface area contributed by atoms with Crippen molar-refractivity contribution in [2.24, 2.45) is 0 Å². The Balaban J connectivity index is 3.53. The highest BCUT2D eigenvalue weighted by molar-refractivity contribution is 6.38. The zero-order valence-electron chi connectivity index (χ0n) is 7.70. The lowest BCUT2D eigenvalue weighted by atomic mass is 10.6. The largest absolute Gasteiger partial charge is 0.352 e. The van der Waals surface area contributed by atoms with Crippen LogP contribution in [-0.4, -0.2) is 48.9 Å². The van der Waals surface area contributed by atoms with Gasteiger partial charge in [0.25, 0.3) is 0 Å². The lowest BCUT2D eigenvalue weighted by molar-refractivity contribution is -0.0665. The smallest absolute Gasteiger partial charge is 0.175 e. The fourth-order valence-electron chi connectivity index (χ4n) is 0.636. The number of ether oxygens (including phenoxy) is 2. The summed E-state index contributed by atoms with van der Waals surface area (Å²) in [6.07, 6.45) is 1.77. The Hall–Kier alpha value is -0.163. The second-order valence-electron chi connectivity index (χ2n) is 2.53. The van der Waals surface area contributed by atoms with Gasteiger partial charge in [0.15, 0.2) is 6.29 Å². The van der Waals surface area contributed by atoms with Crippen LogP contribution in [0.3, 0.4) is 0 Å². The van der Waals surface area contributed by atoms with Crippen molar-refractivity contribution in [3.63, 3.8) is 0 Å². The lowest BCUT2D eigenvalue weighted by Crippen LogP contribution is -2.16. The summed E-state index contributed by atoms with van der Waals surface area (Å²) in [7, 11) is 7.20. The van der Waals surface area contributed by atoms with Gasteiger partial charge in [-0.15, -0.1) is 0 Å². The van der Waals surface area contributed by atoms with Crippen LogP contribution in [0.1, 0.15) is 0 Å². The van der Waals surface area contributed by atoms with Crippen molar-refractivity contribution in [3.05, 3.63) is 11.8 Å². The maximum Gasteiger partial charge on any atom is 0.175 e. The van der Waals surface area contributed by atoms with Crippen molar-refractivity contribution in [2.75, 3.05) is 28.3 Å². The van der Waals surface area contributed by atoms with Gasteiger partial charge in [0.1, 0.15) is 9.68 Å². The molecule has 0 atom stereocenters. The summed E-state index contributed by atoms with van der Waals surface area (Å²) in [5, 5.41) is 0. The number of rotatable bonds is 5. The molecule has 0 saturated carbocycles. The van der Waals surface area contributed by atoms with Crippen LogP contribution in [0.4, 0.5) is 0 Å². The Morgan fingerprint density at radius 3 is 2.18 bits per heavy atom. The number of hydrogen-bond donors (Lipinski definition) is 0. The number of nitrogens with zero attached hydrogens (tertiary/aromatic N) is 1. The Morgan fingerprint density at radius 1 is 1.27 bits per heavy atom. The predicted molar refractivity (Wildman–Crippen MR) is 49.2 cm³/mol. The van der Waals surface area contributed by atoms with Crippen LogP contribution in [-0.2, 0) is 9.47 Å². The van der Waals surface area contributed by atoms with E-state index in [-0.39, 0.29) is 16.0 Å². The summed E-state index contributed by atoms with van der Waals surface area (Å²) < 4.78 is 12.2. The minimum Gasteiger partial charge on any atom is -0.352 e. The van der Waals surface area contributed by atoms with E-state index < -0.39 is 0 Å². The van der Waals surface area contributed by atoms with Crippen LogP contribution >= 0.6 is 0 Å². The van der Waals surface area contributed by atoms with Crippen molar-refractivity contribution < 1.29 is 9.47 Å². The van der Waals surface area contributed by atoms with E-state index in [0.29, 0.717) is 0 Å². The summed E-state index contributed by atoms with van der Waals surface area (Å²) in [6.45, 7) is 0. The summed E-state index contributed by atoms with van der Waals surface area (Å²) in [4.78, 5) is 0. The van der Waals surface area contributed by atoms with Crippen molar-refractivity contribution in [3.8, 4) is 0 Å². The second kappa shape index (κ2) is 6.54. The van der Waals surface area contributed by atoms with Crippen LogP contribution in [0, 0.1) is 0 Å². The van der Waals surface area contributed by atoms with Gasteiger partial charge in [-0.1, -0.05) is 5.70 Å². The molecule has 66 valence electrons. The molecule has 0 N–H and O–H groups in total. The second-order valence-corrected chi connectivity index (χ2v) is 4.63. The van der Waals surface area contributed by atoms with E-state index in [1.54, 1.807) is 14.2 Å². The van der Waals surface area contributed by atoms with E-state index in [1.165, 1.54) is 0 Å². The van der Waals surface area contributed by atoms with Gasteiger partial charge in [0.2, 0.25) is 0 Å². The van der Waals surface area contributed by atoms with E-state index in [4.69, 9.17) is 9.47 Å². The van der Waals surface area contributed by atoms with E-state index >= 15 is 0 Å². The van der Waals surface area contributed by atoms with Crippen LogP contribution < -0.4 is 0 Å². The van der Waals surface area contributed by atoms with Gasteiger partial charge in [-0.2, -0.15) is 0 Å². The molecular weight excluding hydrogens is 158 g/mol. The SMILES string of the molecule is COC(C=C[SiH2]N(C)C)OC. The van der Waals surface area contributed by atoms with Gasteiger partial charge < -0.3 is 14.0 Å². The highest BCUT2D eigenvalue weighted by Gasteiger charge is 1.96. The molecule has 3 nitrogen and oxygen atoms in total. The summed E-state index contributed by atoms with van der Waals surface area (Å²) in [5.74, 6) is 0. The maximum absolute atomic E-state index is 4.98. The van der Waals surface area contributed by atoms with Gasteiger partial charge in [0.05, 0.1) is 0 Å². The highest BCUT2D eigenvalue weighted by Crippen LogP contribution is 1.91. The number of hydrogen-bond acceptors (Lipinski definition) is 3. The minimum atomic E-state index is -0.223. The average molecular weight is 175 g/mol. The molecule has 0 heterocycles. The Morgan fingerprint density at radius 2 is 1.82 bits per heavy atom. The van der Waals surface area contributed by atoms with Crippen LogP contribution in [0.2, 0.25) is 0 Å². The molecule has 0 aliphatic heterocycles. The predicted octanol–water partition coefficient (Wildman–Crippen LogP) is -0.236. The van der Waals surface area contributed by atoms with Crippen LogP contribution in [0.25, 0.3) is 0 Å². The Kier molecular flexibility index (Phi) is 6.44. The molecule has 0 rings (SSSR count). The van der Waals surface area contributed by atoms with Crippen molar-refractivity contribution in [1.82, 2.24) is 4.57 Å². The molecule has 0 aliphatic carbocycles. The van der Waals surface area contributed by atoms with E-state index in [2.05, 4.69) is 24.4 Å². The third kappa shape index (κ3) is 6.24. The molecule has 11 heavy (non-hydrogen) atoms. The van der Waals surface area contributed by atoms with Crippen molar-refractivity contribution in [2.45, 2.75) is 6.29 Å². The standard InChI is InChI=1S/C7H17NO2Si/c1-8(2)11-6-5-7(9-3)10-4/h5-7H,11H2,1-4H3. The average Bonchev–Trinajstić information content (AvgIpc) is 1.98. The van der Waals surface area contributed by atoms with Crippen molar-refractivity contribution >= 4 is 9.68 Å². The molecule has 0 aromatic heterocycles. The summed E-state index contributed by atoms with van der Waals surface area (Å²) in [5.41, 5.74) is 2.15. The molecule has 0 saturated heterocycles. The van der Waals surface area contributed by atoms with E-state index in [1.807, 2.05) is 6.08 Å². The zero-order valence-corrected chi connectivity index (χ0v) is 9.12. The fourth-order valence-corrected chi connectivity index (χ4v) is 1.40. The molecule has 0 bridgehead atoms. The molecule has 0 aliphatic rings. The topological polar surface area (TPSA) is 21.7 Å². The first-order valence-electron chi connectivity index (χ1n) is 3.57. The minimum absolute atomic E-state index is 0.178. The monoisotopic (exact) mass is 175 g/mol. The third-order valence-corrected chi connectivity index (χ3v) is 2.44. The van der Waals surface area contributed by atoms with Gasteiger partial charge in [0, 0.05) is 14.2 Å². The first-order valence-corrected chi connectivity index (χ1v) is 5.02. The maximum atomic E-state index is 4.98. The molecule has 4 heteroatoms. The molecule has 0 aromatic rings. The normalized spacial score (nSPS) is 13.3.